The molecular weight excluding hydrogens is 210 g/mol. The van der Waals surface area contributed by atoms with Crippen LogP contribution in [0.15, 0.2) is 12.7 Å². The third-order valence-corrected chi connectivity index (χ3v) is 4.98. The Morgan fingerprint density at radius 2 is 2.00 bits per heavy atom. The van der Waals surface area contributed by atoms with Crippen LogP contribution in [-0.4, -0.2) is 31.3 Å². The molecule has 0 aromatic heterocycles. The number of carbonyl (C=O) groups is 1. The maximum Gasteiger partial charge on any atom is 0.139 e. The molecule has 0 aromatic carbocycles. The summed E-state index contributed by atoms with van der Waals surface area (Å²) in [5.41, 5.74) is 0.307. The van der Waals surface area contributed by atoms with Gasteiger partial charge in [-0.2, -0.15) is 0 Å². The Morgan fingerprint density at radius 1 is 1.41 bits per heavy atom. The summed E-state index contributed by atoms with van der Waals surface area (Å²) in [7, 11) is 4.03. The number of Topliss-reactive ketones (excluding diaryl/α,β-unsaturated/α-hetero) is 1. The fraction of sp³-hybridized carbons (Fsp3) is 0.800. The van der Waals surface area contributed by atoms with Crippen LogP contribution in [0.3, 0.4) is 0 Å². The first kappa shape index (κ1) is 14.4. The third-order valence-electron chi connectivity index (χ3n) is 4.98. The second kappa shape index (κ2) is 4.93. The maximum absolute atomic E-state index is 11.6. The van der Waals surface area contributed by atoms with Gasteiger partial charge >= 0.3 is 0 Å². The van der Waals surface area contributed by atoms with Crippen LogP contribution in [-0.2, 0) is 4.79 Å². The molecule has 2 rings (SSSR count). The minimum absolute atomic E-state index is 0.0255. The number of nitrogens with zero attached hydrogens (tertiary/aromatic N) is 1. The largest absolute Gasteiger partial charge is 0.306 e. The summed E-state index contributed by atoms with van der Waals surface area (Å²) in [6, 6.07) is 0. The molecule has 0 radical (unpaired) electrons. The van der Waals surface area contributed by atoms with Gasteiger partial charge in [0, 0.05) is 18.4 Å². The van der Waals surface area contributed by atoms with E-state index < -0.39 is 0 Å². The molecule has 2 aliphatic carbocycles. The first-order chi connectivity index (χ1) is 7.75. The van der Waals surface area contributed by atoms with E-state index in [-0.39, 0.29) is 10.8 Å². The van der Waals surface area contributed by atoms with E-state index in [1.54, 1.807) is 0 Å². The minimum atomic E-state index is 0.0255. The van der Waals surface area contributed by atoms with Crippen LogP contribution in [0.4, 0.5) is 0 Å². The quantitative estimate of drug-likeness (QED) is 0.688. The van der Waals surface area contributed by atoms with Crippen molar-refractivity contribution in [1.29, 1.82) is 0 Å². The van der Waals surface area contributed by atoms with E-state index in [4.69, 9.17) is 0 Å². The number of likely N-dealkylation sites (N-methyl/N-ethyl adjacent to an activating group) is 1. The van der Waals surface area contributed by atoms with Crippen LogP contribution in [0, 0.1) is 16.7 Å². The molecule has 2 heteroatoms. The number of ketones is 1. The van der Waals surface area contributed by atoms with Crippen molar-refractivity contribution in [3.63, 3.8) is 0 Å². The molecule has 0 aromatic rings. The molecule has 0 amide bonds. The van der Waals surface area contributed by atoms with Gasteiger partial charge in [-0.25, -0.2) is 0 Å². The van der Waals surface area contributed by atoms with Crippen LogP contribution >= 0.6 is 0 Å². The Kier molecular flexibility index (Phi) is 4.19. The molecule has 98 valence electrons. The van der Waals surface area contributed by atoms with Gasteiger partial charge in [0.1, 0.15) is 5.78 Å². The van der Waals surface area contributed by atoms with E-state index >= 15 is 0 Å². The topological polar surface area (TPSA) is 20.3 Å². The van der Waals surface area contributed by atoms with Crippen molar-refractivity contribution in [2.75, 3.05) is 20.6 Å². The molecule has 2 aliphatic rings. The molecule has 2 atom stereocenters. The second-order valence-electron chi connectivity index (χ2n) is 6.47. The summed E-state index contributed by atoms with van der Waals surface area (Å²) in [6.45, 7) is 11.2. The number of rotatable bonds is 2. The van der Waals surface area contributed by atoms with Crippen molar-refractivity contribution in [2.45, 2.75) is 40.0 Å². The zero-order valence-electron chi connectivity index (χ0n) is 12.0. The highest BCUT2D eigenvalue weighted by atomic mass is 16.1. The molecule has 2 bridgehead atoms. The first-order valence-corrected chi connectivity index (χ1v) is 6.54. The smallest absolute Gasteiger partial charge is 0.139 e. The summed E-state index contributed by atoms with van der Waals surface area (Å²) >= 11 is 0. The van der Waals surface area contributed by atoms with Gasteiger partial charge in [-0.3, -0.25) is 4.79 Å². The van der Waals surface area contributed by atoms with Crippen molar-refractivity contribution in [3.8, 4) is 0 Å². The lowest BCUT2D eigenvalue weighted by Crippen LogP contribution is -2.32. The summed E-state index contributed by atoms with van der Waals surface area (Å²) < 4.78 is 0. The zero-order chi connectivity index (χ0) is 13.3. The first-order valence-electron chi connectivity index (χ1n) is 6.54. The van der Waals surface area contributed by atoms with Gasteiger partial charge in [0.15, 0.2) is 0 Å². The molecule has 2 fully saturated rings. The van der Waals surface area contributed by atoms with Crippen LogP contribution in [0.25, 0.3) is 0 Å². The van der Waals surface area contributed by atoms with Crippen molar-refractivity contribution in [1.82, 2.24) is 4.90 Å². The Hall–Kier alpha value is -0.630. The van der Waals surface area contributed by atoms with Crippen LogP contribution in [0.5, 0.6) is 0 Å². The number of fused-ring (bicyclic) bond motifs is 2. The SMILES string of the molecule is C=CCN(C)C.CC12CCC(CC1=O)C2(C)C. The highest BCUT2D eigenvalue weighted by molar-refractivity contribution is 5.89. The summed E-state index contributed by atoms with van der Waals surface area (Å²) in [4.78, 5) is 13.6. The zero-order valence-corrected chi connectivity index (χ0v) is 12.0. The maximum atomic E-state index is 11.6. The lowest BCUT2D eigenvalue weighted by Gasteiger charge is -2.32. The monoisotopic (exact) mass is 237 g/mol. The standard InChI is InChI=1S/C10H16O.C5H11N/c1-9(2)7-4-5-10(9,3)8(11)6-7;1-4-5-6(2)3/h7H,4-6H2,1-3H3;4H,1,5H2,2-3H3. The highest BCUT2D eigenvalue weighted by Crippen LogP contribution is 2.63. The van der Waals surface area contributed by atoms with E-state index in [0.29, 0.717) is 11.7 Å². The number of hydrogen-bond donors (Lipinski definition) is 0. The Balaban J connectivity index is 0.000000209. The molecule has 0 heterocycles. The van der Waals surface area contributed by atoms with Gasteiger partial charge < -0.3 is 4.90 Å². The summed E-state index contributed by atoms with van der Waals surface area (Å²) in [5.74, 6) is 1.19. The average molecular weight is 237 g/mol. The summed E-state index contributed by atoms with van der Waals surface area (Å²) in [6.07, 6.45) is 5.13. The predicted molar refractivity (Wildman–Crippen MR) is 73.0 cm³/mol. The van der Waals surface area contributed by atoms with Crippen LogP contribution in [0.2, 0.25) is 0 Å². The molecular formula is C15H27NO. The molecule has 0 saturated heterocycles. The fourth-order valence-electron chi connectivity index (χ4n) is 3.16. The van der Waals surface area contributed by atoms with Crippen LogP contribution in [0.1, 0.15) is 40.0 Å². The van der Waals surface area contributed by atoms with Gasteiger partial charge in [0.05, 0.1) is 0 Å². The molecule has 2 saturated carbocycles. The Bertz CT molecular complexity index is 306. The van der Waals surface area contributed by atoms with Crippen molar-refractivity contribution in [3.05, 3.63) is 12.7 Å². The molecule has 2 unspecified atom stereocenters. The molecule has 0 N–H and O–H groups in total. The Labute approximate surface area is 106 Å². The normalized spacial score (nSPS) is 33.5. The van der Waals surface area contributed by atoms with E-state index in [1.807, 2.05) is 20.2 Å². The van der Waals surface area contributed by atoms with E-state index in [0.717, 1.165) is 19.4 Å². The van der Waals surface area contributed by atoms with Gasteiger partial charge in [0.25, 0.3) is 0 Å². The van der Waals surface area contributed by atoms with E-state index in [1.165, 1.54) is 6.42 Å². The predicted octanol–water partition coefficient (Wildman–Crippen LogP) is 3.14. The summed E-state index contributed by atoms with van der Waals surface area (Å²) in [5, 5.41) is 0. The van der Waals surface area contributed by atoms with Crippen LogP contribution < -0.4 is 0 Å². The van der Waals surface area contributed by atoms with Gasteiger partial charge in [-0.05, 0) is 38.3 Å². The number of hydrogen-bond acceptors (Lipinski definition) is 2. The average Bonchev–Trinajstić information content (AvgIpc) is 2.51. The van der Waals surface area contributed by atoms with E-state index in [9.17, 15) is 4.79 Å². The molecule has 0 aliphatic heterocycles. The van der Waals surface area contributed by atoms with Gasteiger partial charge in [-0.1, -0.05) is 26.8 Å². The fourth-order valence-corrected chi connectivity index (χ4v) is 3.16. The van der Waals surface area contributed by atoms with Gasteiger partial charge in [-0.15, -0.1) is 6.58 Å². The lowest BCUT2D eigenvalue weighted by atomic mass is 9.70. The van der Waals surface area contributed by atoms with Gasteiger partial charge in [0.2, 0.25) is 0 Å². The van der Waals surface area contributed by atoms with Crippen molar-refractivity contribution >= 4 is 5.78 Å². The van der Waals surface area contributed by atoms with Crippen molar-refractivity contribution < 1.29 is 4.79 Å². The molecule has 2 nitrogen and oxygen atoms in total. The minimum Gasteiger partial charge on any atom is -0.306 e. The lowest BCUT2D eigenvalue weighted by molar-refractivity contribution is -0.128. The highest BCUT2D eigenvalue weighted by Gasteiger charge is 2.61. The molecule has 0 spiro atoms. The second-order valence-corrected chi connectivity index (χ2v) is 6.47. The number of carbonyl (C=O) groups excluding carboxylic acids is 1. The third kappa shape index (κ3) is 2.47. The Morgan fingerprint density at radius 3 is 2.12 bits per heavy atom. The van der Waals surface area contributed by atoms with E-state index in [2.05, 4.69) is 32.3 Å². The molecule has 17 heavy (non-hydrogen) atoms. The van der Waals surface area contributed by atoms with Crippen molar-refractivity contribution in [2.24, 2.45) is 16.7 Å².